The van der Waals surface area contributed by atoms with Crippen LogP contribution in [0.4, 0.5) is 37.3 Å². The molecule has 0 spiro atoms. The highest BCUT2D eigenvalue weighted by molar-refractivity contribution is 7.93. The van der Waals surface area contributed by atoms with Crippen molar-refractivity contribution in [1.82, 2.24) is 14.6 Å². The standard InChI is InChI=1S/C29H30F6N6O6S2/c1-36-24(17-45-2)38-25-18-48-27(39-25)40-13-14-41(49(43,44)22-8-4-7-21(11-12-22)47-29(33,34)35)23(16-40)26(42)37-15-19-5-3-6-20(10-9-19)46-28(30,31)32/h3-5,8-12,18,23H,1,6-7,13-17H2,2H3,(H,37,42)/b38-24-/t23-/m1/s1. The monoisotopic (exact) mass is 736 g/mol. The van der Waals surface area contributed by atoms with Crippen LogP contribution in [-0.2, 0) is 29.0 Å². The minimum atomic E-state index is -4.98. The number of aromatic nitrogens is 1. The van der Waals surface area contributed by atoms with Gasteiger partial charge in [-0.3, -0.25) is 4.79 Å². The molecule has 20 heteroatoms. The molecule has 1 aromatic heterocycles. The number of hydrogen-bond acceptors (Lipinski definition) is 10. The topological polar surface area (TPSA) is 135 Å². The van der Waals surface area contributed by atoms with Crippen molar-refractivity contribution in [2.45, 2.75) is 31.6 Å². The lowest BCUT2D eigenvalue weighted by Crippen LogP contribution is -2.60. The molecule has 12 nitrogen and oxygen atoms in total. The number of alkyl halides is 6. The number of thiazole rings is 1. The predicted octanol–water partition coefficient (Wildman–Crippen LogP) is 5.03. The molecule has 0 aromatic carbocycles. The van der Waals surface area contributed by atoms with Crippen molar-refractivity contribution < 1.29 is 53.8 Å². The van der Waals surface area contributed by atoms with Crippen molar-refractivity contribution in [2.75, 3.05) is 44.8 Å². The van der Waals surface area contributed by atoms with Crippen molar-refractivity contribution in [3.8, 4) is 0 Å². The van der Waals surface area contributed by atoms with Gasteiger partial charge in [-0.25, -0.2) is 23.4 Å². The summed E-state index contributed by atoms with van der Waals surface area (Å²) >= 11 is 1.18. The third-order valence-electron chi connectivity index (χ3n) is 6.82. The van der Waals surface area contributed by atoms with Gasteiger partial charge in [0.05, 0.1) is 4.91 Å². The lowest BCUT2D eigenvalue weighted by atomic mass is 10.2. The summed E-state index contributed by atoms with van der Waals surface area (Å²) in [5.41, 5.74) is 0.401. The number of rotatable bonds is 11. The minimum absolute atomic E-state index is 0.0799. The van der Waals surface area contributed by atoms with E-state index in [0.717, 1.165) is 28.6 Å². The summed E-state index contributed by atoms with van der Waals surface area (Å²) in [6.07, 6.45) is -0.798. The molecule has 1 fully saturated rings. The summed E-state index contributed by atoms with van der Waals surface area (Å²) < 4.78 is 118. The van der Waals surface area contributed by atoms with Crippen LogP contribution in [0.1, 0.15) is 12.8 Å². The van der Waals surface area contributed by atoms with Crippen LogP contribution in [0.15, 0.2) is 86.0 Å². The van der Waals surface area contributed by atoms with Gasteiger partial charge in [0.2, 0.25) is 15.9 Å². The van der Waals surface area contributed by atoms with Crippen LogP contribution >= 0.6 is 11.3 Å². The summed E-state index contributed by atoms with van der Waals surface area (Å²) in [4.78, 5) is 27.5. The van der Waals surface area contributed by atoms with Gasteiger partial charge in [-0.05, 0) is 36.6 Å². The Bertz CT molecular complexity index is 1730. The Hall–Kier alpha value is -4.27. The molecule has 0 saturated carbocycles. The Balaban J connectivity index is 1.60. The van der Waals surface area contributed by atoms with E-state index in [4.69, 9.17) is 4.74 Å². The molecule has 2 aliphatic carbocycles. The second-order valence-electron chi connectivity index (χ2n) is 10.3. The number of allylic oxidation sites excluding steroid dienone is 7. The lowest BCUT2D eigenvalue weighted by Gasteiger charge is -2.39. The third kappa shape index (κ3) is 10.9. The van der Waals surface area contributed by atoms with E-state index in [-0.39, 0.29) is 67.9 Å². The molecule has 0 bridgehead atoms. The molecule has 4 rings (SSSR count). The molecule has 266 valence electrons. The number of aliphatic imine (C=N–C) groups is 2. The molecule has 1 aromatic rings. The normalized spacial score (nSPS) is 19.6. The molecule has 1 amide bonds. The van der Waals surface area contributed by atoms with Gasteiger partial charge < -0.3 is 24.4 Å². The molecule has 1 atom stereocenters. The van der Waals surface area contributed by atoms with Gasteiger partial charge in [-0.1, -0.05) is 24.3 Å². The SMILES string of the molecule is C=N/C(COC)=N\c1csc(N2CCN(S(=O)(=O)C3=CC=C(OC(F)(F)F)CC=C3)[C@@H](C(=O)NCC3=CC=C(OC(F)(F)F)CC=C3)C2)n1. The van der Waals surface area contributed by atoms with Crippen LogP contribution in [0.25, 0.3) is 0 Å². The molecule has 0 unspecified atom stereocenters. The fraction of sp³-hybridized carbons (Fsp3) is 0.379. The molecule has 1 saturated heterocycles. The highest BCUT2D eigenvalue weighted by Crippen LogP contribution is 2.31. The first kappa shape index (κ1) is 37.5. The Morgan fingerprint density at radius 2 is 1.69 bits per heavy atom. The number of nitrogens with zero attached hydrogens (tertiary/aromatic N) is 5. The van der Waals surface area contributed by atoms with E-state index in [2.05, 4.69) is 36.5 Å². The average Bonchev–Trinajstić information content (AvgIpc) is 3.21. The third-order valence-corrected chi connectivity index (χ3v) is 9.63. The van der Waals surface area contributed by atoms with Crippen LogP contribution in [0.2, 0.25) is 0 Å². The van der Waals surface area contributed by atoms with Gasteiger partial charge in [0.15, 0.2) is 16.8 Å². The van der Waals surface area contributed by atoms with Crippen LogP contribution in [0, 0.1) is 0 Å². The van der Waals surface area contributed by atoms with Crippen molar-refractivity contribution in [2.24, 2.45) is 9.98 Å². The predicted molar refractivity (Wildman–Crippen MR) is 169 cm³/mol. The quantitative estimate of drug-likeness (QED) is 0.190. The number of piperazine rings is 1. The van der Waals surface area contributed by atoms with Gasteiger partial charge >= 0.3 is 12.7 Å². The Labute approximate surface area is 281 Å². The summed E-state index contributed by atoms with van der Waals surface area (Å²) in [6, 6.07) is -1.36. The number of halogens is 6. The highest BCUT2D eigenvalue weighted by atomic mass is 32.2. The zero-order valence-corrected chi connectivity index (χ0v) is 27.3. The number of nitrogens with one attached hydrogen (secondary N) is 1. The van der Waals surface area contributed by atoms with E-state index in [0.29, 0.717) is 10.7 Å². The fourth-order valence-corrected chi connectivity index (χ4v) is 7.07. The lowest BCUT2D eigenvalue weighted by molar-refractivity contribution is -0.307. The van der Waals surface area contributed by atoms with Gasteiger partial charge in [-0.2, -0.15) is 4.31 Å². The summed E-state index contributed by atoms with van der Waals surface area (Å²) in [7, 11) is -3.01. The molecule has 2 heterocycles. The maximum atomic E-state index is 13.9. The second-order valence-corrected chi connectivity index (χ2v) is 13.0. The maximum absolute atomic E-state index is 13.9. The number of anilines is 1. The zero-order chi connectivity index (χ0) is 35.8. The fourth-order valence-electron chi connectivity index (χ4n) is 4.69. The Kier molecular flexibility index (Phi) is 12.2. The van der Waals surface area contributed by atoms with E-state index in [1.54, 1.807) is 10.3 Å². The Morgan fingerprint density at radius 3 is 2.33 bits per heavy atom. The van der Waals surface area contributed by atoms with Gasteiger partial charge in [0.1, 0.15) is 24.2 Å². The van der Waals surface area contributed by atoms with Crippen LogP contribution in [0.5, 0.6) is 0 Å². The molecule has 1 N–H and O–H groups in total. The molecule has 0 radical (unpaired) electrons. The number of carbonyl (C=O) groups excluding carboxylic acids is 1. The zero-order valence-electron chi connectivity index (χ0n) is 25.7. The number of carbonyl (C=O) groups is 1. The molecule has 49 heavy (non-hydrogen) atoms. The number of amidine groups is 1. The van der Waals surface area contributed by atoms with Gasteiger partial charge in [0, 0.05) is 51.5 Å². The number of methoxy groups -OCH3 is 1. The second kappa shape index (κ2) is 16.0. The summed E-state index contributed by atoms with van der Waals surface area (Å²) in [5.74, 6) is -1.09. The van der Waals surface area contributed by atoms with E-state index in [1.807, 2.05) is 0 Å². The van der Waals surface area contributed by atoms with Crippen LogP contribution in [0.3, 0.4) is 0 Å². The smallest absolute Gasteiger partial charge is 0.410 e. The number of sulfonamides is 1. The van der Waals surface area contributed by atoms with E-state index in [1.165, 1.54) is 42.8 Å². The van der Waals surface area contributed by atoms with E-state index >= 15 is 0 Å². The van der Waals surface area contributed by atoms with Gasteiger partial charge in [-0.15, -0.1) is 37.7 Å². The van der Waals surface area contributed by atoms with E-state index < -0.39 is 40.5 Å². The van der Waals surface area contributed by atoms with Crippen molar-refractivity contribution in [3.05, 3.63) is 76.0 Å². The molecular formula is C29H30F6N6O6S2. The van der Waals surface area contributed by atoms with E-state index in [9.17, 15) is 39.6 Å². The summed E-state index contributed by atoms with van der Waals surface area (Å²) in [6.45, 7) is 3.03. The van der Waals surface area contributed by atoms with Gasteiger partial charge in [0.25, 0.3) is 0 Å². The first-order valence-corrected chi connectivity index (χ1v) is 16.6. The largest absolute Gasteiger partial charge is 0.572 e. The van der Waals surface area contributed by atoms with Crippen LogP contribution in [-0.4, -0.2) is 94.8 Å². The number of hydrogen-bond donors (Lipinski definition) is 1. The molecule has 1 aliphatic heterocycles. The van der Waals surface area contributed by atoms with Crippen molar-refractivity contribution in [3.63, 3.8) is 0 Å². The maximum Gasteiger partial charge on any atom is 0.572 e. The number of ether oxygens (including phenoxy) is 3. The Morgan fingerprint density at radius 1 is 1.04 bits per heavy atom. The highest BCUT2D eigenvalue weighted by Gasteiger charge is 2.41. The first-order chi connectivity index (χ1) is 23.1. The first-order valence-electron chi connectivity index (χ1n) is 14.3. The summed E-state index contributed by atoms with van der Waals surface area (Å²) in [5, 5.41) is 4.67. The van der Waals surface area contributed by atoms with Crippen LogP contribution < -0.4 is 10.2 Å². The van der Waals surface area contributed by atoms with Crippen molar-refractivity contribution in [1.29, 1.82) is 0 Å². The molecular weight excluding hydrogens is 706 g/mol. The number of amides is 1. The minimum Gasteiger partial charge on any atom is -0.410 e. The average molecular weight is 737 g/mol. The van der Waals surface area contributed by atoms with Crippen molar-refractivity contribution >= 4 is 50.8 Å². The molecule has 3 aliphatic rings.